The molecule has 3 heterocycles. The number of carboxylic acid groups (broad SMARTS) is 2. The third kappa shape index (κ3) is 4.79. The van der Waals surface area contributed by atoms with E-state index >= 15 is 0 Å². The summed E-state index contributed by atoms with van der Waals surface area (Å²) in [6, 6.07) is 3.50. The van der Waals surface area contributed by atoms with E-state index in [0.29, 0.717) is 4.90 Å². The van der Waals surface area contributed by atoms with Gasteiger partial charge in [-0.1, -0.05) is 12.1 Å². The Labute approximate surface area is 218 Å². The fourth-order valence-electron chi connectivity index (χ4n) is 4.51. The smallest absolute Gasteiger partial charge is 0.404 e. The van der Waals surface area contributed by atoms with E-state index in [2.05, 4.69) is 10.1 Å². The number of nitrogens with two attached hydrogens (primary N) is 1. The van der Waals surface area contributed by atoms with Gasteiger partial charge >= 0.3 is 18.0 Å². The number of hydrogen-bond donors (Lipinski definition) is 4. The molecule has 0 bridgehead atoms. The van der Waals surface area contributed by atoms with Crippen molar-refractivity contribution in [1.82, 2.24) is 15.1 Å². The van der Waals surface area contributed by atoms with Crippen LogP contribution in [0.1, 0.15) is 40.0 Å². The van der Waals surface area contributed by atoms with Gasteiger partial charge in [0.05, 0.1) is 11.1 Å². The number of thioether (sulfide) groups is 1. The topological polar surface area (TPSA) is 214 Å². The lowest BCUT2D eigenvalue weighted by Crippen LogP contribution is -2.70. The molecule has 3 atom stereocenters. The van der Waals surface area contributed by atoms with Crippen molar-refractivity contribution >= 4 is 53.4 Å². The molecule has 1 aromatic rings. The van der Waals surface area contributed by atoms with Crippen molar-refractivity contribution in [2.24, 2.45) is 5.73 Å². The highest BCUT2D eigenvalue weighted by Gasteiger charge is 2.54. The number of carbonyl (C=O) groups is 7. The normalized spacial score (nSPS) is 20.9. The maximum Gasteiger partial charge on any atom is 0.404 e. The van der Waals surface area contributed by atoms with Gasteiger partial charge in [-0.05, 0) is 25.0 Å². The highest BCUT2D eigenvalue weighted by molar-refractivity contribution is 8.00. The standard InChI is InChI=1S/C23H22N4O10S/c24-23(36)37-8-10-9-38-20-15(19(31)27(20)16(10)22(34)35)25-14(28)7-3-6-13(21(32)33)26-17(29)11-4-1-2-5-12(11)18(26)30/h1-2,4-5,13,15,20H,3,6-9H2,(H2,24,36)(H,25,28)(H,32,33)(H,34,35)/t13?,15?,20-/m1/s1. The van der Waals surface area contributed by atoms with Crippen molar-refractivity contribution in [2.45, 2.75) is 36.7 Å². The number of amides is 5. The summed E-state index contributed by atoms with van der Waals surface area (Å²) in [5, 5.41) is 21.0. The summed E-state index contributed by atoms with van der Waals surface area (Å²) in [5.74, 6) is -5.37. The average molecular weight is 547 g/mol. The molecule has 14 nitrogen and oxygen atoms in total. The Morgan fingerprint density at radius 1 is 1.11 bits per heavy atom. The van der Waals surface area contributed by atoms with E-state index in [4.69, 9.17) is 5.73 Å². The van der Waals surface area contributed by atoms with Crippen molar-refractivity contribution in [3.63, 3.8) is 0 Å². The van der Waals surface area contributed by atoms with Gasteiger partial charge in [-0.3, -0.25) is 29.0 Å². The molecule has 1 saturated heterocycles. The Kier molecular flexibility index (Phi) is 7.39. The average Bonchev–Trinajstić information content (AvgIpc) is 3.12. The van der Waals surface area contributed by atoms with E-state index < -0.39 is 65.7 Å². The van der Waals surface area contributed by atoms with Crippen LogP contribution in [0.15, 0.2) is 35.5 Å². The number of primary amides is 1. The molecule has 3 aliphatic rings. The summed E-state index contributed by atoms with van der Waals surface area (Å²) >= 11 is 1.17. The third-order valence-corrected chi connectivity index (χ3v) is 7.60. The third-order valence-electron chi connectivity index (χ3n) is 6.26. The van der Waals surface area contributed by atoms with Crippen LogP contribution in [0, 0.1) is 0 Å². The van der Waals surface area contributed by atoms with Crippen molar-refractivity contribution in [2.75, 3.05) is 12.4 Å². The van der Waals surface area contributed by atoms with Crippen LogP contribution >= 0.6 is 11.8 Å². The summed E-state index contributed by atoms with van der Waals surface area (Å²) in [4.78, 5) is 86.6. The first kappa shape index (κ1) is 26.7. The number of hydrogen-bond acceptors (Lipinski definition) is 9. The molecule has 0 aliphatic carbocycles. The van der Waals surface area contributed by atoms with Gasteiger partial charge in [-0.25, -0.2) is 14.4 Å². The molecule has 0 aromatic heterocycles. The van der Waals surface area contributed by atoms with E-state index in [9.17, 15) is 43.8 Å². The SMILES string of the molecule is NC(=O)OCC1=C(C(=O)O)N2C(=O)C(NC(=O)CCCC(C(=O)O)N3C(=O)c4ccccc4C3=O)[C@H]2SC1. The van der Waals surface area contributed by atoms with E-state index in [1.165, 1.54) is 23.9 Å². The van der Waals surface area contributed by atoms with Crippen LogP contribution < -0.4 is 11.1 Å². The largest absolute Gasteiger partial charge is 0.480 e. The maximum absolute atomic E-state index is 12.7. The number of benzene rings is 1. The molecule has 0 radical (unpaired) electrons. The van der Waals surface area contributed by atoms with Gasteiger partial charge in [0.2, 0.25) is 5.91 Å². The molecule has 38 heavy (non-hydrogen) atoms. The van der Waals surface area contributed by atoms with Crippen molar-refractivity contribution in [3.8, 4) is 0 Å². The number of carboxylic acids is 2. The van der Waals surface area contributed by atoms with Gasteiger partial charge < -0.3 is 26.0 Å². The predicted octanol–water partition coefficient (Wildman–Crippen LogP) is -0.260. The molecule has 1 aromatic carbocycles. The first-order chi connectivity index (χ1) is 18.0. The number of imide groups is 1. The van der Waals surface area contributed by atoms with Crippen LogP contribution in [0.4, 0.5) is 4.79 Å². The number of nitrogens with zero attached hydrogens (tertiary/aromatic N) is 2. The van der Waals surface area contributed by atoms with Gasteiger partial charge in [0.15, 0.2) is 0 Å². The summed E-state index contributed by atoms with van der Waals surface area (Å²) in [6.45, 7) is -0.394. The highest BCUT2D eigenvalue weighted by Crippen LogP contribution is 2.40. The zero-order valence-corrected chi connectivity index (χ0v) is 20.4. The van der Waals surface area contributed by atoms with Crippen molar-refractivity contribution in [1.29, 1.82) is 0 Å². The van der Waals surface area contributed by atoms with E-state index in [0.717, 1.165) is 4.90 Å². The van der Waals surface area contributed by atoms with Crippen molar-refractivity contribution < 1.29 is 48.5 Å². The molecule has 4 rings (SSSR count). The zero-order valence-electron chi connectivity index (χ0n) is 19.6. The zero-order chi connectivity index (χ0) is 27.7. The lowest BCUT2D eigenvalue weighted by Gasteiger charge is -2.49. The van der Waals surface area contributed by atoms with Gasteiger partial charge in [0.1, 0.15) is 29.8 Å². The number of fused-ring (bicyclic) bond motifs is 2. The Balaban J connectivity index is 1.34. The minimum absolute atomic E-state index is 0.00643. The minimum atomic E-state index is -1.48. The first-order valence-corrected chi connectivity index (χ1v) is 12.4. The van der Waals surface area contributed by atoms with Gasteiger partial charge in [-0.2, -0.15) is 0 Å². The molecule has 1 fully saturated rings. The molecule has 3 aliphatic heterocycles. The number of rotatable bonds is 10. The lowest BCUT2D eigenvalue weighted by molar-refractivity contribution is -0.150. The van der Waals surface area contributed by atoms with Crippen molar-refractivity contribution in [3.05, 3.63) is 46.7 Å². The molecular weight excluding hydrogens is 524 g/mol. The number of aliphatic carboxylic acids is 2. The van der Waals surface area contributed by atoms with E-state index in [1.54, 1.807) is 12.1 Å². The number of β-lactam (4-membered cyclic amide) rings is 1. The van der Waals surface area contributed by atoms with Crippen LogP contribution in [0.3, 0.4) is 0 Å². The predicted molar refractivity (Wildman–Crippen MR) is 127 cm³/mol. The monoisotopic (exact) mass is 546 g/mol. The molecular formula is C23H22N4O10S. The second kappa shape index (κ2) is 10.5. The lowest BCUT2D eigenvalue weighted by atomic mass is 10.0. The van der Waals surface area contributed by atoms with Crippen LogP contribution in [-0.2, 0) is 23.9 Å². The minimum Gasteiger partial charge on any atom is -0.480 e. The number of ether oxygens (including phenoxy) is 1. The molecule has 15 heteroatoms. The Morgan fingerprint density at radius 2 is 1.74 bits per heavy atom. The Hall–Kier alpha value is -4.40. The molecule has 0 saturated carbocycles. The first-order valence-electron chi connectivity index (χ1n) is 11.3. The Morgan fingerprint density at radius 3 is 2.29 bits per heavy atom. The van der Waals surface area contributed by atoms with Crippen LogP contribution in [-0.4, -0.2) is 91.5 Å². The molecule has 2 unspecified atom stereocenters. The fourth-order valence-corrected chi connectivity index (χ4v) is 5.84. The van der Waals surface area contributed by atoms with Gasteiger partial charge in [0.25, 0.3) is 17.7 Å². The van der Waals surface area contributed by atoms with Crippen LogP contribution in [0.25, 0.3) is 0 Å². The fraction of sp³-hybridized carbons (Fsp3) is 0.348. The van der Waals surface area contributed by atoms with Crippen LogP contribution in [0.5, 0.6) is 0 Å². The number of carbonyl (C=O) groups excluding carboxylic acids is 5. The number of nitrogens with one attached hydrogen (secondary N) is 1. The van der Waals surface area contributed by atoms with Gasteiger partial charge in [-0.15, -0.1) is 11.8 Å². The van der Waals surface area contributed by atoms with Crippen LogP contribution in [0.2, 0.25) is 0 Å². The second-order valence-electron chi connectivity index (χ2n) is 8.59. The highest BCUT2D eigenvalue weighted by atomic mass is 32.2. The molecule has 5 amide bonds. The summed E-state index contributed by atoms with van der Waals surface area (Å²) < 4.78 is 4.65. The molecule has 5 N–H and O–H groups in total. The van der Waals surface area contributed by atoms with E-state index in [1.807, 2.05) is 0 Å². The summed E-state index contributed by atoms with van der Waals surface area (Å²) in [7, 11) is 0. The molecule has 200 valence electrons. The Bertz CT molecular complexity index is 1260. The quantitative estimate of drug-likeness (QED) is 0.221. The molecule has 0 spiro atoms. The van der Waals surface area contributed by atoms with Gasteiger partial charge in [0, 0.05) is 17.7 Å². The summed E-state index contributed by atoms with van der Waals surface area (Å²) in [6.07, 6.45) is -1.49. The maximum atomic E-state index is 12.7. The second-order valence-corrected chi connectivity index (χ2v) is 9.70. The van der Waals surface area contributed by atoms with E-state index in [-0.39, 0.29) is 47.4 Å². The summed E-state index contributed by atoms with van der Waals surface area (Å²) in [5.41, 5.74) is 4.99.